The largest absolute Gasteiger partial charge is 0.139 e. The Kier molecular flexibility index (Phi) is 2.98. The van der Waals surface area contributed by atoms with Crippen LogP contribution in [0.25, 0.3) is 29.6 Å². The van der Waals surface area contributed by atoms with E-state index in [9.17, 15) is 0 Å². The van der Waals surface area contributed by atoms with Gasteiger partial charge in [-0.15, -0.1) is 34.0 Å². The van der Waals surface area contributed by atoms with Crippen LogP contribution in [-0.2, 0) is 25.7 Å². The van der Waals surface area contributed by atoms with Gasteiger partial charge in [0.05, 0.1) is 0 Å². The Labute approximate surface area is 159 Å². The molecule has 0 unspecified atom stereocenters. The molecule has 0 saturated carbocycles. The molecule has 0 radical (unpaired) electrons. The molecule has 3 aromatic heterocycles. The maximum Gasteiger partial charge on any atom is 0.0499 e. The number of benzene rings is 1. The zero-order valence-corrected chi connectivity index (χ0v) is 16.8. The quantitative estimate of drug-likeness (QED) is 0.304. The predicted molar refractivity (Wildman–Crippen MR) is 113 cm³/mol. The van der Waals surface area contributed by atoms with Crippen LogP contribution in [-0.4, -0.2) is 0 Å². The first kappa shape index (κ1) is 14.7. The highest BCUT2D eigenvalue weighted by atomic mass is 32.1. The van der Waals surface area contributed by atoms with Gasteiger partial charge in [0, 0.05) is 28.9 Å². The molecule has 2 aliphatic rings. The lowest BCUT2D eigenvalue weighted by atomic mass is 9.90. The van der Waals surface area contributed by atoms with Crippen LogP contribution in [0, 0.1) is 13.8 Å². The van der Waals surface area contributed by atoms with Crippen LogP contribution in [0.5, 0.6) is 0 Å². The van der Waals surface area contributed by atoms with Crippen LogP contribution in [0.3, 0.4) is 0 Å². The second-order valence-electron chi connectivity index (χ2n) is 7.35. The summed E-state index contributed by atoms with van der Waals surface area (Å²) in [6.07, 6.45) is 4.85. The van der Waals surface area contributed by atoms with Crippen molar-refractivity contribution in [1.29, 1.82) is 0 Å². The summed E-state index contributed by atoms with van der Waals surface area (Å²) in [7, 11) is 0. The third-order valence-corrected chi connectivity index (χ3v) is 9.65. The van der Waals surface area contributed by atoms with Crippen molar-refractivity contribution in [2.24, 2.45) is 0 Å². The zero-order chi connectivity index (χ0) is 16.7. The molecule has 2 aliphatic carbocycles. The first-order valence-electron chi connectivity index (χ1n) is 8.95. The number of hydrogen-bond donors (Lipinski definition) is 0. The average Bonchev–Trinajstić information content (AvgIpc) is 3.24. The minimum absolute atomic E-state index is 1.20. The highest BCUT2D eigenvalue weighted by Gasteiger charge is 2.29. The van der Waals surface area contributed by atoms with Crippen LogP contribution in [0.15, 0.2) is 24.3 Å². The fraction of sp³-hybridized carbons (Fsp3) is 0.273. The molecule has 3 heterocycles. The lowest BCUT2D eigenvalue weighted by Crippen LogP contribution is -2.01. The van der Waals surface area contributed by atoms with Gasteiger partial charge < -0.3 is 0 Å². The summed E-state index contributed by atoms with van der Waals surface area (Å²) in [6, 6.07) is 9.43. The van der Waals surface area contributed by atoms with Crippen LogP contribution in [0.1, 0.15) is 32.7 Å². The Morgan fingerprint density at radius 1 is 0.680 bits per heavy atom. The highest BCUT2D eigenvalue weighted by Crippen LogP contribution is 2.54. The van der Waals surface area contributed by atoms with E-state index < -0.39 is 0 Å². The van der Waals surface area contributed by atoms with Gasteiger partial charge in [-0.25, -0.2) is 0 Å². The van der Waals surface area contributed by atoms with E-state index in [2.05, 4.69) is 60.8 Å². The fourth-order valence-electron chi connectivity index (χ4n) is 4.49. The Bertz CT molecular complexity index is 1170. The minimum Gasteiger partial charge on any atom is -0.139 e. The van der Waals surface area contributed by atoms with Gasteiger partial charge in [0.1, 0.15) is 0 Å². The van der Waals surface area contributed by atoms with Gasteiger partial charge in [0.15, 0.2) is 0 Å². The number of hydrogen-bond acceptors (Lipinski definition) is 3. The third-order valence-electron chi connectivity index (χ3n) is 5.64. The van der Waals surface area contributed by atoms with Crippen molar-refractivity contribution in [2.45, 2.75) is 39.5 Å². The highest BCUT2D eigenvalue weighted by molar-refractivity contribution is 7.33. The maximum atomic E-state index is 2.41. The molecule has 0 bridgehead atoms. The SMILES string of the molecule is Cc1ccc2c(c1)CCc1c-2sc2c3c(sc12)-c1sc(C)cc1CC3. The summed E-state index contributed by atoms with van der Waals surface area (Å²) >= 11 is 6.14. The van der Waals surface area contributed by atoms with Gasteiger partial charge in [-0.3, -0.25) is 0 Å². The minimum atomic E-state index is 1.20. The number of fused-ring (bicyclic) bond motifs is 9. The topological polar surface area (TPSA) is 0 Å². The number of thiophene rings is 3. The molecule has 0 spiro atoms. The number of aryl methyl sites for hydroxylation is 6. The Hall–Kier alpha value is -1.42. The van der Waals surface area contributed by atoms with E-state index in [1.807, 2.05) is 11.3 Å². The van der Waals surface area contributed by atoms with Gasteiger partial charge in [0.2, 0.25) is 0 Å². The Morgan fingerprint density at radius 3 is 2.24 bits per heavy atom. The first-order chi connectivity index (χ1) is 12.2. The molecule has 25 heavy (non-hydrogen) atoms. The summed E-state index contributed by atoms with van der Waals surface area (Å²) in [5, 5.41) is 0. The van der Waals surface area contributed by atoms with Crippen molar-refractivity contribution < 1.29 is 0 Å². The van der Waals surface area contributed by atoms with Gasteiger partial charge in [-0.1, -0.05) is 23.8 Å². The van der Waals surface area contributed by atoms with Crippen LogP contribution in [0.2, 0.25) is 0 Å². The van der Waals surface area contributed by atoms with Crippen molar-refractivity contribution in [3.05, 3.63) is 57.0 Å². The van der Waals surface area contributed by atoms with E-state index in [0.29, 0.717) is 0 Å². The fourth-order valence-corrected chi connectivity index (χ4v) is 8.84. The molecule has 0 N–H and O–H groups in total. The van der Waals surface area contributed by atoms with Crippen molar-refractivity contribution in [2.75, 3.05) is 0 Å². The molecule has 3 heteroatoms. The predicted octanol–water partition coefficient (Wildman–Crippen LogP) is 7.17. The van der Waals surface area contributed by atoms with E-state index in [0.717, 1.165) is 0 Å². The Balaban J connectivity index is 1.61. The molecule has 0 nitrogen and oxygen atoms in total. The molecule has 1 aromatic carbocycles. The molecule has 124 valence electrons. The maximum absolute atomic E-state index is 2.41. The van der Waals surface area contributed by atoms with E-state index in [-0.39, 0.29) is 0 Å². The van der Waals surface area contributed by atoms with Gasteiger partial charge in [-0.05, 0) is 73.4 Å². The summed E-state index contributed by atoms with van der Waals surface area (Å²) in [5.74, 6) is 0. The first-order valence-corrected chi connectivity index (χ1v) is 11.4. The average molecular weight is 379 g/mol. The van der Waals surface area contributed by atoms with Crippen molar-refractivity contribution in [1.82, 2.24) is 0 Å². The second-order valence-corrected chi connectivity index (χ2v) is 10.6. The van der Waals surface area contributed by atoms with Gasteiger partial charge in [-0.2, -0.15) is 0 Å². The van der Waals surface area contributed by atoms with Gasteiger partial charge >= 0.3 is 0 Å². The van der Waals surface area contributed by atoms with Crippen molar-refractivity contribution in [3.63, 3.8) is 0 Å². The summed E-state index contributed by atoms with van der Waals surface area (Å²) < 4.78 is 3.19. The standard InChI is InChI=1S/C22H18S3/c1-11-3-6-15-13(9-11)4-7-16-19(15)24-22-17-8-5-14-10-12(2)23-18(14)20(17)25-21(16)22/h3,6,9-10H,4-5,7-8H2,1-2H3. The summed E-state index contributed by atoms with van der Waals surface area (Å²) in [6.45, 7) is 4.46. The lowest BCUT2D eigenvalue weighted by molar-refractivity contribution is 0.956. The van der Waals surface area contributed by atoms with Crippen molar-refractivity contribution in [3.8, 4) is 20.2 Å². The molecule has 0 fully saturated rings. The molecule has 0 saturated heterocycles. The van der Waals surface area contributed by atoms with E-state index in [1.165, 1.54) is 41.7 Å². The second kappa shape index (κ2) is 5.06. The van der Waals surface area contributed by atoms with Crippen LogP contribution >= 0.6 is 34.0 Å². The smallest absolute Gasteiger partial charge is 0.0499 e. The summed E-state index contributed by atoms with van der Waals surface area (Å²) in [4.78, 5) is 6.16. The molecule has 0 atom stereocenters. The molecular formula is C22H18S3. The molecule has 6 rings (SSSR count). The molecule has 0 amide bonds. The third kappa shape index (κ3) is 1.98. The number of rotatable bonds is 0. The van der Waals surface area contributed by atoms with E-state index >= 15 is 0 Å². The van der Waals surface area contributed by atoms with Crippen molar-refractivity contribution >= 4 is 43.4 Å². The van der Waals surface area contributed by atoms with Crippen LogP contribution in [0.4, 0.5) is 0 Å². The summed E-state index contributed by atoms with van der Waals surface area (Å²) in [5.41, 5.74) is 9.29. The lowest BCUT2D eigenvalue weighted by Gasteiger charge is -2.17. The normalized spacial score (nSPS) is 15.0. The van der Waals surface area contributed by atoms with Crippen LogP contribution < -0.4 is 0 Å². The zero-order valence-electron chi connectivity index (χ0n) is 14.4. The molecule has 0 aliphatic heterocycles. The van der Waals surface area contributed by atoms with E-state index in [4.69, 9.17) is 0 Å². The monoisotopic (exact) mass is 378 g/mol. The molecule has 4 aromatic rings. The van der Waals surface area contributed by atoms with Gasteiger partial charge in [0.25, 0.3) is 0 Å². The Morgan fingerprint density at radius 2 is 1.40 bits per heavy atom. The van der Waals surface area contributed by atoms with E-state index in [1.54, 1.807) is 46.3 Å². The molecular weight excluding hydrogens is 360 g/mol.